The first-order valence-corrected chi connectivity index (χ1v) is 11.9. The van der Waals surface area contributed by atoms with Crippen LogP contribution in [0.5, 0.6) is 0 Å². The molecule has 1 heterocycles. The fraction of sp³-hybridized carbons (Fsp3) is 0.259. The number of nitrogens with one attached hydrogen (secondary N) is 1. The zero-order valence-corrected chi connectivity index (χ0v) is 20.6. The minimum absolute atomic E-state index is 0.103. The molecule has 1 aromatic heterocycles. The van der Waals surface area contributed by atoms with Crippen molar-refractivity contribution in [2.75, 3.05) is 18.4 Å². The van der Waals surface area contributed by atoms with Gasteiger partial charge in [-0.3, -0.25) is 4.79 Å². The van der Waals surface area contributed by atoms with Crippen molar-refractivity contribution >= 4 is 29.0 Å². The molecule has 1 N–H and O–H groups in total. The van der Waals surface area contributed by atoms with Crippen LogP contribution in [-0.4, -0.2) is 34.8 Å². The van der Waals surface area contributed by atoms with Crippen LogP contribution in [0.1, 0.15) is 27.1 Å². The van der Waals surface area contributed by atoms with Gasteiger partial charge < -0.3 is 15.1 Å². The summed E-state index contributed by atoms with van der Waals surface area (Å²) < 4.78 is 13.4. The maximum atomic E-state index is 13.4. The van der Waals surface area contributed by atoms with Crippen LogP contribution in [0.4, 0.5) is 14.9 Å². The number of nitrogens with zero attached hydrogens (tertiary/aromatic N) is 2. The summed E-state index contributed by atoms with van der Waals surface area (Å²) >= 11 is 1.59. The zero-order chi connectivity index (χ0) is 24.7. The number of benzene rings is 2. The number of aryl methyl sites for hydroxylation is 3. The van der Waals surface area contributed by atoms with Crippen LogP contribution < -0.4 is 5.32 Å². The molecule has 178 valence electrons. The Morgan fingerprint density at radius 2 is 1.65 bits per heavy atom. The molecule has 0 saturated heterocycles. The highest BCUT2D eigenvalue weighted by Gasteiger charge is 2.23. The van der Waals surface area contributed by atoms with Crippen LogP contribution >= 0.6 is 11.3 Å². The molecule has 0 unspecified atom stereocenters. The van der Waals surface area contributed by atoms with Gasteiger partial charge in [-0.15, -0.1) is 17.9 Å². The van der Waals surface area contributed by atoms with Crippen LogP contribution in [0.2, 0.25) is 0 Å². The average molecular weight is 480 g/mol. The number of urea groups is 1. The van der Waals surface area contributed by atoms with Crippen LogP contribution in [0.3, 0.4) is 0 Å². The Balaban J connectivity index is 1.79. The predicted molar refractivity (Wildman–Crippen MR) is 136 cm³/mol. The van der Waals surface area contributed by atoms with Gasteiger partial charge in [0, 0.05) is 23.7 Å². The third-order valence-corrected chi connectivity index (χ3v) is 6.63. The summed E-state index contributed by atoms with van der Waals surface area (Å²) in [6.07, 6.45) is 1.60. The average Bonchev–Trinajstić information content (AvgIpc) is 3.21. The van der Waals surface area contributed by atoms with Crippen LogP contribution in [0, 0.1) is 26.6 Å². The topological polar surface area (TPSA) is 52.7 Å². The lowest BCUT2D eigenvalue weighted by molar-refractivity contribution is -0.132. The molecule has 5 nitrogen and oxygen atoms in total. The van der Waals surface area contributed by atoms with E-state index in [-0.39, 0.29) is 30.8 Å². The second-order valence-electron chi connectivity index (χ2n) is 8.27. The van der Waals surface area contributed by atoms with E-state index in [0.717, 1.165) is 32.8 Å². The Hall–Kier alpha value is -3.45. The van der Waals surface area contributed by atoms with E-state index in [0.29, 0.717) is 13.1 Å². The summed E-state index contributed by atoms with van der Waals surface area (Å²) in [5.41, 5.74) is 4.57. The van der Waals surface area contributed by atoms with Gasteiger partial charge in [0.1, 0.15) is 12.4 Å². The number of hydrogen-bond donors (Lipinski definition) is 1. The zero-order valence-electron chi connectivity index (χ0n) is 19.8. The Kier molecular flexibility index (Phi) is 8.60. The van der Waals surface area contributed by atoms with E-state index in [1.54, 1.807) is 34.4 Å². The summed E-state index contributed by atoms with van der Waals surface area (Å²) in [5, 5.41) is 4.94. The van der Waals surface area contributed by atoms with Gasteiger partial charge >= 0.3 is 6.03 Å². The second-order valence-corrected chi connectivity index (χ2v) is 9.27. The maximum Gasteiger partial charge on any atom is 0.322 e. The molecule has 7 heteroatoms. The van der Waals surface area contributed by atoms with E-state index < -0.39 is 0 Å². The number of hydrogen-bond acceptors (Lipinski definition) is 3. The van der Waals surface area contributed by atoms with E-state index in [9.17, 15) is 14.0 Å². The summed E-state index contributed by atoms with van der Waals surface area (Å²) in [6, 6.07) is 13.6. The molecule has 2 aromatic carbocycles. The van der Waals surface area contributed by atoms with Gasteiger partial charge in [-0.1, -0.05) is 36.4 Å². The van der Waals surface area contributed by atoms with Crippen molar-refractivity contribution < 1.29 is 14.0 Å². The molecule has 3 amide bonds. The number of thiophene rings is 1. The normalized spacial score (nSPS) is 10.6. The lowest BCUT2D eigenvalue weighted by atomic mass is 10.1. The minimum Gasteiger partial charge on any atom is -0.332 e. The summed E-state index contributed by atoms with van der Waals surface area (Å²) in [7, 11) is 0. The molecular weight excluding hydrogens is 449 g/mol. The minimum atomic E-state index is -0.361. The van der Waals surface area contributed by atoms with Crippen molar-refractivity contribution in [1.82, 2.24) is 9.80 Å². The van der Waals surface area contributed by atoms with Crippen molar-refractivity contribution in [3.8, 4) is 0 Å². The molecule has 0 aliphatic rings. The van der Waals surface area contributed by atoms with Gasteiger partial charge in [0.15, 0.2) is 0 Å². The molecule has 0 atom stereocenters. The van der Waals surface area contributed by atoms with Crippen molar-refractivity contribution in [3.63, 3.8) is 0 Å². The Bertz CT molecular complexity index is 1140. The van der Waals surface area contributed by atoms with Gasteiger partial charge in [0.2, 0.25) is 5.91 Å². The molecule has 0 bridgehead atoms. The predicted octanol–water partition coefficient (Wildman–Crippen LogP) is 6.06. The molecule has 3 aromatic rings. The summed E-state index contributed by atoms with van der Waals surface area (Å²) in [5.74, 6) is -0.522. The number of carbonyl (C=O) groups is 2. The Morgan fingerprint density at radius 1 is 0.971 bits per heavy atom. The molecule has 0 spiro atoms. The largest absolute Gasteiger partial charge is 0.332 e. The monoisotopic (exact) mass is 479 g/mol. The first-order chi connectivity index (χ1) is 16.3. The van der Waals surface area contributed by atoms with Gasteiger partial charge in [0.05, 0.1) is 6.54 Å². The smallest absolute Gasteiger partial charge is 0.322 e. The van der Waals surface area contributed by atoms with E-state index in [1.165, 1.54) is 17.0 Å². The van der Waals surface area contributed by atoms with Gasteiger partial charge in [-0.05, 0) is 66.6 Å². The number of para-hydroxylation sites is 1. The Labute approximate surface area is 204 Å². The number of anilines is 1. The van der Waals surface area contributed by atoms with Crippen LogP contribution in [-0.2, 0) is 17.9 Å². The van der Waals surface area contributed by atoms with Crippen LogP contribution in [0.15, 0.2) is 66.6 Å². The quantitative estimate of drug-likeness (QED) is 0.379. The van der Waals surface area contributed by atoms with E-state index in [4.69, 9.17) is 0 Å². The number of amides is 3. The molecular formula is C27H30FN3O2S. The Morgan fingerprint density at radius 3 is 2.24 bits per heavy atom. The van der Waals surface area contributed by atoms with E-state index in [2.05, 4.69) is 11.9 Å². The highest BCUT2D eigenvalue weighted by molar-refractivity contribution is 7.10. The van der Waals surface area contributed by atoms with Crippen LogP contribution in [0.25, 0.3) is 0 Å². The molecule has 0 aliphatic carbocycles. The third-order valence-electron chi connectivity index (χ3n) is 5.62. The van der Waals surface area contributed by atoms with E-state index in [1.807, 2.05) is 50.4 Å². The highest BCUT2D eigenvalue weighted by Crippen LogP contribution is 2.21. The lowest BCUT2D eigenvalue weighted by Crippen LogP contribution is -2.44. The number of carbonyl (C=O) groups excluding carboxylic acids is 2. The van der Waals surface area contributed by atoms with Crippen molar-refractivity contribution in [3.05, 3.63) is 99.5 Å². The maximum absolute atomic E-state index is 13.4. The van der Waals surface area contributed by atoms with E-state index >= 15 is 0 Å². The standard InChI is InChI=1S/C27H30FN3O2S/c1-5-14-30(27(33)29-26-20(3)7-6-8-21(26)4)18-25(32)31(17-24-19(2)13-15-34-24)16-22-9-11-23(28)12-10-22/h5-13,15H,1,14,16-18H2,2-4H3,(H,29,33). The molecule has 34 heavy (non-hydrogen) atoms. The molecule has 0 aliphatic heterocycles. The SMILES string of the molecule is C=CCN(CC(=O)N(Cc1ccc(F)cc1)Cc1sccc1C)C(=O)Nc1c(C)cccc1C. The first kappa shape index (κ1) is 25.2. The molecule has 3 rings (SSSR count). The third kappa shape index (κ3) is 6.54. The fourth-order valence-electron chi connectivity index (χ4n) is 3.62. The summed E-state index contributed by atoms with van der Waals surface area (Å²) in [4.78, 5) is 30.7. The molecule has 0 fully saturated rings. The lowest BCUT2D eigenvalue weighted by Gasteiger charge is -2.28. The second kappa shape index (κ2) is 11.6. The first-order valence-electron chi connectivity index (χ1n) is 11.1. The number of rotatable bonds is 9. The van der Waals surface area contributed by atoms with Crippen molar-refractivity contribution in [2.45, 2.75) is 33.9 Å². The van der Waals surface area contributed by atoms with Crippen molar-refractivity contribution in [2.24, 2.45) is 0 Å². The molecule has 0 saturated carbocycles. The van der Waals surface area contributed by atoms with Crippen molar-refractivity contribution in [1.29, 1.82) is 0 Å². The van der Waals surface area contributed by atoms with Gasteiger partial charge in [-0.2, -0.15) is 0 Å². The number of halogens is 1. The highest BCUT2D eigenvalue weighted by atomic mass is 32.1. The summed E-state index contributed by atoms with van der Waals surface area (Å²) in [6.45, 7) is 10.5. The fourth-order valence-corrected chi connectivity index (χ4v) is 4.54. The van der Waals surface area contributed by atoms with Gasteiger partial charge in [0.25, 0.3) is 0 Å². The van der Waals surface area contributed by atoms with Gasteiger partial charge in [-0.25, -0.2) is 9.18 Å². The molecule has 0 radical (unpaired) electrons.